The van der Waals surface area contributed by atoms with Crippen molar-refractivity contribution in [1.29, 1.82) is 0 Å². The van der Waals surface area contributed by atoms with E-state index in [1.807, 2.05) is 0 Å². The normalized spacial score (nSPS) is 22.0. The maximum Gasteiger partial charge on any atom is 0.124 e. The highest BCUT2D eigenvalue weighted by Gasteiger charge is 2.27. The third-order valence-electron chi connectivity index (χ3n) is 7.77. The molecule has 0 saturated carbocycles. The van der Waals surface area contributed by atoms with Crippen LogP contribution in [0.1, 0.15) is 75.0 Å². The van der Waals surface area contributed by atoms with Crippen LogP contribution < -0.4 is 0 Å². The zero-order chi connectivity index (χ0) is 24.8. The van der Waals surface area contributed by atoms with Gasteiger partial charge < -0.3 is 15.3 Å². The van der Waals surface area contributed by atoms with Gasteiger partial charge in [0.2, 0.25) is 0 Å². The lowest BCUT2D eigenvalue weighted by atomic mass is 9.95. The van der Waals surface area contributed by atoms with E-state index in [1.54, 1.807) is 20.7 Å². The summed E-state index contributed by atoms with van der Waals surface area (Å²) < 4.78 is 0.974. The molecule has 8 heteroatoms. The number of nitrogens with zero attached hydrogens (tertiary/aromatic N) is 2. The van der Waals surface area contributed by atoms with Crippen LogP contribution in [-0.2, 0) is 19.5 Å². The first-order chi connectivity index (χ1) is 17.0. The van der Waals surface area contributed by atoms with E-state index in [4.69, 9.17) is 12.2 Å². The molecule has 1 aromatic heterocycles. The minimum atomic E-state index is 0.206. The smallest absolute Gasteiger partial charge is 0.124 e. The lowest BCUT2D eigenvalue weighted by Gasteiger charge is -2.37. The Morgan fingerprint density at radius 2 is 1.43 bits per heavy atom. The summed E-state index contributed by atoms with van der Waals surface area (Å²) >= 11 is 5.63. The van der Waals surface area contributed by atoms with Gasteiger partial charge in [-0.2, -0.15) is 0 Å². The quantitative estimate of drug-likeness (QED) is 0.258. The van der Waals surface area contributed by atoms with Crippen molar-refractivity contribution in [2.24, 2.45) is 0 Å². The summed E-state index contributed by atoms with van der Waals surface area (Å²) in [7, 11) is 3.42. The SMILES string of the molecule is CCc1c(-c2cc(CN3CCCCC3CCO)c(O)c(CN3CCCCC3CCO)c2)ssc1=S. The predicted octanol–water partition coefficient (Wildman–Crippen LogP) is 5.95. The first-order valence-electron chi connectivity index (χ1n) is 13.2. The first-order valence-corrected chi connectivity index (χ1v) is 15.8. The molecule has 2 aliphatic rings. The van der Waals surface area contributed by atoms with Gasteiger partial charge >= 0.3 is 0 Å². The van der Waals surface area contributed by atoms with Crippen LogP contribution in [0, 0.1) is 3.82 Å². The molecule has 2 aliphatic heterocycles. The Kier molecular flexibility index (Phi) is 10.2. The Morgan fingerprint density at radius 3 is 1.91 bits per heavy atom. The van der Waals surface area contributed by atoms with E-state index in [-0.39, 0.29) is 13.2 Å². The number of hydrogen-bond acceptors (Lipinski definition) is 8. The lowest BCUT2D eigenvalue weighted by molar-refractivity contribution is 0.109. The highest BCUT2D eigenvalue weighted by molar-refractivity contribution is 7.80. The number of piperidine rings is 2. The molecule has 35 heavy (non-hydrogen) atoms. The molecule has 2 saturated heterocycles. The Labute approximate surface area is 222 Å². The van der Waals surface area contributed by atoms with Crippen LogP contribution >= 0.6 is 32.9 Å². The van der Waals surface area contributed by atoms with Crippen LogP contribution in [-0.4, -0.2) is 63.5 Å². The Hall–Kier alpha value is -0.870. The van der Waals surface area contributed by atoms with Gasteiger partial charge in [-0.3, -0.25) is 9.80 Å². The summed E-state index contributed by atoms with van der Waals surface area (Å²) in [6, 6.07) is 5.09. The molecule has 0 aliphatic carbocycles. The number of likely N-dealkylation sites (tertiary alicyclic amines) is 2. The third-order valence-corrected chi connectivity index (χ3v) is 11.0. The zero-order valence-electron chi connectivity index (χ0n) is 20.9. The maximum atomic E-state index is 11.5. The van der Waals surface area contributed by atoms with Crippen molar-refractivity contribution in [3.63, 3.8) is 0 Å². The molecule has 1 aromatic carbocycles. The van der Waals surface area contributed by atoms with Gasteiger partial charge in [0.25, 0.3) is 0 Å². The molecule has 194 valence electrons. The van der Waals surface area contributed by atoms with Crippen LogP contribution in [0.15, 0.2) is 12.1 Å². The molecule has 2 unspecified atom stereocenters. The average molecular weight is 537 g/mol. The van der Waals surface area contributed by atoms with Gasteiger partial charge in [-0.25, -0.2) is 0 Å². The van der Waals surface area contributed by atoms with Gasteiger partial charge in [0.05, 0.1) is 4.88 Å². The standard InChI is InChI=1S/C27H40N2O3S3/c1-2-24-26(34-35-27(24)33)19-15-20(17-28-11-5-3-7-22(28)9-13-30)25(32)21(16-19)18-29-12-6-4-8-23(29)10-14-31/h15-16,22-23,30-32H,2-14,17-18H2,1H3. The van der Waals surface area contributed by atoms with Gasteiger partial charge in [-0.05, 0) is 81.3 Å². The van der Waals surface area contributed by atoms with Crippen molar-refractivity contribution in [1.82, 2.24) is 9.80 Å². The van der Waals surface area contributed by atoms with E-state index in [9.17, 15) is 15.3 Å². The molecule has 3 heterocycles. The second-order valence-electron chi connectivity index (χ2n) is 10.0. The summed E-state index contributed by atoms with van der Waals surface area (Å²) in [5.41, 5.74) is 4.35. The topological polar surface area (TPSA) is 67.2 Å². The van der Waals surface area contributed by atoms with E-state index in [0.29, 0.717) is 30.9 Å². The molecule has 2 atom stereocenters. The molecule has 0 spiro atoms. The summed E-state index contributed by atoms with van der Waals surface area (Å²) in [5, 5.41) is 30.7. The molecular formula is C27H40N2O3S3. The Bertz CT molecular complexity index is 968. The van der Waals surface area contributed by atoms with Crippen LogP contribution in [0.2, 0.25) is 0 Å². The maximum absolute atomic E-state index is 11.5. The van der Waals surface area contributed by atoms with Gasteiger partial charge in [0, 0.05) is 49.5 Å². The predicted molar refractivity (Wildman–Crippen MR) is 149 cm³/mol. The molecule has 5 nitrogen and oxygen atoms in total. The fraction of sp³-hybridized carbons (Fsp3) is 0.667. The largest absolute Gasteiger partial charge is 0.507 e. The molecule has 4 rings (SSSR count). The average Bonchev–Trinajstić information content (AvgIpc) is 3.24. The van der Waals surface area contributed by atoms with Crippen molar-refractivity contribution < 1.29 is 15.3 Å². The van der Waals surface area contributed by atoms with Crippen LogP contribution in [0.3, 0.4) is 0 Å². The van der Waals surface area contributed by atoms with E-state index in [0.717, 1.165) is 78.5 Å². The monoisotopic (exact) mass is 536 g/mol. The van der Waals surface area contributed by atoms with Crippen LogP contribution in [0.5, 0.6) is 5.75 Å². The van der Waals surface area contributed by atoms with Crippen molar-refractivity contribution in [2.75, 3.05) is 26.3 Å². The number of phenols is 1. The molecule has 2 fully saturated rings. The Morgan fingerprint density at radius 1 is 0.886 bits per heavy atom. The number of hydrogen-bond donors (Lipinski definition) is 3. The molecule has 3 N–H and O–H groups in total. The summed E-state index contributed by atoms with van der Waals surface area (Å²) in [6.45, 7) is 5.99. The second-order valence-corrected chi connectivity index (χ2v) is 12.8. The fourth-order valence-electron chi connectivity index (χ4n) is 5.86. The fourth-order valence-corrected chi connectivity index (χ4v) is 8.98. The van der Waals surface area contributed by atoms with Crippen molar-refractivity contribution in [3.05, 3.63) is 32.6 Å². The minimum absolute atomic E-state index is 0.206. The Balaban J connectivity index is 1.71. The van der Waals surface area contributed by atoms with Gasteiger partial charge in [-0.1, -0.05) is 52.7 Å². The summed E-state index contributed by atoms with van der Waals surface area (Å²) in [6.07, 6.45) is 9.44. The first kappa shape index (κ1) is 27.2. The van der Waals surface area contributed by atoms with Gasteiger partial charge in [0.15, 0.2) is 0 Å². The number of rotatable bonds is 10. The number of aromatic hydroxyl groups is 1. The van der Waals surface area contributed by atoms with E-state index in [1.165, 1.54) is 23.3 Å². The number of aliphatic hydroxyl groups excluding tert-OH is 2. The van der Waals surface area contributed by atoms with Crippen molar-refractivity contribution in [3.8, 4) is 16.2 Å². The van der Waals surface area contributed by atoms with Crippen molar-refractivity contribution in [2.45, 2.75) is 89.9 Å². The number of benzene rings is 1. The third kappa shape index (κ3) is 6.53. The van der Waals surface area contributed by atoms with Crippen LogP contribution in [0.4, 0.5) is 0 Å². The van der Waals surface area contributed by atoms with E-state index in [2.05, 4.69) is 28.9 Å². The summed E-state index contributed by atoms with van der Waals surface area (Å²) in [4.78, 5) is 6.14. The highest BCUT2D eigenvalue weighted by Crippen LogP contribution is 2.40. The molecule has 2 aromatic rings. The highest BCUT2D eigenvalue weighted by atomic mass is 32.9. The molecule has 0 amide bonds. The van der Waals surface area contributed by atoms with Gasteiger partial charge in [0.1, 0.15) is 9.57 Å². The van der Waals surface area contributed by atoms with E-state index < -0.39 is 0 Å². The van der Waals surface area contributed by atoms with Crippen molar-refractivity contribution >= 4 is 32.9 Å². The number of aliphatic hydroxyl groups is 2. The summed E-state index contributed by atoms with van der Waals surface area (Å²) in [5.74, 6) is 0.410. The van der Waals surface area contributed by atoms with Gasteiger partial charge in [-0.15, -0.1) is 0 Å². The van der Waals surface area contributed by atoms with E-state index >= 15 is 0 Å². The molecule has 0 bridgehead atoms. The molecule has 0 radical (unpaired) electrons. The second kappa shape index (κ2) is 13.1. The molecular weight excluding hydrogens is 497 g/mol. The van der Waals surface area contributed by atoms with Crippen LogP contribution in [0.25, 0.3) is 10.4 Å². The minimum Gasteiger partial charge on any atom is -0.507 e. The lowest BCUT2D eigenvalue weighted by Crippen LogP contribution is -2.40. The zero-order valence-corrected chi connectivity index (χ0v) is 23.3. The number of phenolic OH excluding ortho intramolecular Hbond substituents is 1.